The van der Waals surface area contributed by atoms with Gasteiger partial charge in [0.2, 0.25) is 0 Å². The summed E-state index contributed by atoms with van der Waals surface area (Å²) in [5.74, 6) is -0.665. The Labute approximate surface area is 123 Å². The molecule has 0 aliphatic heterocycles. The predicted molar refractivity (Wildman–Crippen MR) is 71.2 cm³/mol. The van der Waals surface area contributed by atoms with E-state index in [1.807, 2.05) is 0 Å². The molecule has 0 atom stereocenters. The van der Waals surface area contributed by atoms with E-state index in [2.05, 4.69) is 15.3 Å². The van der Waals surface area contributed by atoms with E-state index in [9.17, 15) is 18.0 Å². The molecule has 1 heterocycles. The van der Waals surface area contributed by atoms with Crippen molar-refractivity contribution in [3.63, 3.8) is 0 Å². The fourth-order valence-corrected chi connectivity index (χ4v) is 1.73. The summed E-state index contributed by atoms with van der Waals surface area (Å²) in [6.45, 7) is 1.66. The third-order valence-corrected chi connectivity index (χ3v) is 2.91. The fourth-order valence-electron chi connectivity index (χ4n) is 1.56. The van der Waals surface area contributed by atoms with Crippen LogP contribution in [0.15, 0.2) is 30.6 Å². The Balaban J connectivity index is 2.29. The highest BCUT2D eigenvalue weighted by atomic mass is 35.5. The van der Waals surface area contributed by atoms with Gasteiger partial charge in [-0.2, -0.15) is 13.2 Å². The highest BCUT2D eigenvalue weighted by Gasteiger charge is 2.31. The number of rotatable bonds is 2. The molecule has 0 aliphatic rings. The molecular formula is C13H9ClF3N3O. The molecule has 0 unspecified atom stereocenters. The van der Waals surface area contributed by atoms with Gasteiger partial charge in [-0.3, -0.25) is 4.79 Å². The first-order valence-electron chi connectivity index (χ1n) is 5.74. The molecule has 1 aromatic heterocycles. The standard InChI is InChI=1S/C13H9ClF3N3O/c1-7-4-11(19-6-18-7)12(21)20-10-5-8(13(15,16)17)2-3-9(10)14/h2-6H,1H3,(H,20,21). The zero-order valence-corrected chi connectivity index (χ0v) is 11.5. The van der Waals surface area contributed by atoms with Gasteiger partial charge < -0.3 is 5.32 Å². The first-order valence-corrected chi connectivity index (χ1v) is 6.12. The van der Waals surface area contributed by atoms with Crippen LogP contribution in [0.1, 0.15) is 21.7 Å². The van der Waals surface area contributed by atoms with Gasteiger partial charge in [0.1, 0.15) is 12.0 Å². The molecular weight excluding hydrogens is 307 g/mol. The Morgan fingerprint density at radius 3 is 2.57 bits per heavy atom. The molecule has 0 spiro atoms. The molecule has 0 saturated carbocycles. The molecule has 1 aromatic carbocycles. The zero-order chi connectivity index (χ0) is 15.6. The van der Waals surface area contributed by atoms with Crippen LogP contribution in [0, 0.1) is 6.92 Å². The zero-order valence-electron chi connectivity index (χ0n) is 10.7. The summed E-state index contributed by atoms with van der Waals surface area (Å²) in [5.41, 5.74) is -0.435. The number of nitrogens with one attached hydrogen (secondary N) is 1. The van der Waals surface area contributed by atoms with Crippen molar-refractivity contribution in [2.75, 3.05) is 5.32 Å². The van der Waals surface area contributed by atoms with Crippen LogP contribution in [0.2, 0.25) is 5.02 Å². The number of hydrogen-bond acceptors (Lipinski definition) is 3. The number of anilines is 1. The summed E-state index contributed by atoms with van der Waals surface area (Å²) in [5, 5.41) is 2.31. The number of carbonyl (C=O) groups is 1. The lowest BCUT2D eigenvalue weighted by Gasteiger charge is -2.11. The van der Waals surface area contributed by atoms with Crippen molar-refractivity contribution in [2.45, 2.75) is 13.1 Å². The average Bonchev–Trinajstić information content (AvgIpc) is 2.40. The van der Waals surface area contributed by atoms with Crippen LogP contribution in [0.3, 0.4) is 0 Å². The van der Waals surface area contributed by atoms with Crippen LogP contribution in [0.5, 0.6) is 0 Å². The number of aromatic nitrogens is 2. The minimum Gasteiger partial charge on any atom is -0.319 e. The smallest absolute Gasteiger partial charge is 0.319 e. The number of alkyl halides is 3. The van der Waals surface area contributed by atoms with E-state index in [4.69, 9.17) is 11.6 Å². The minimum absolute atomic E-state index is 0.00197. The van der Waals surface area contributed by atoms with Gasteiger partial charge in [0, 0.05) is 5.69 Å². The monoisotopic (exact) mass is 315 g/mol. The summed E-state index contributed by atoms with van der Waals surface area (Å²) in [6, 6.07) is 4.10. The van der Waals surface area contributed by atoms with Gasteiger partial charge >= 0.3 is 6.18 Å². The maximum absolute atomic E-state index is 12.6. The van der Waals surface area contributed by atoms with Crippen LogP contribution >= 0.6 is 11.6 Å². The Morgan fingerprint density at radius 2 is 1.95 bits per heavy atom. The Hall–Kier alpha value is -2.15. The minimum atomic E-state index is -4.52. The summed E-state index contributed by atoms with van der Waals surface area (Å²) < 4.78 is 37.9. The summed E-state index contributed by atoms with van der Waals surface area (Å²) in [6.07, 6.45) is -3.33. The molecule has 0 bridgehead atoms. The molecule has 0 radical (unpaired) electrons. The molecule has 8 heteroatoms. The normalized spacial score (nSPS) is 11.3. The first kappa shape index (κ1) is 15.2. The molecule has 4 nitrogen and oxygen atoms in total. The molecule has 21 heavy (non-hydrogen) atoms. The highest BCUT2D eigenvalue weighted by molar-refractivity contribution is 6.33. The van der Waals surface area contributed by atoms with Gasteiger partial charge in [0.15, 0.2) is 0 Å². The molecule has 1 N–H and O–H groups in total. The second-order valence-corrected chi connectivity index (χ2v) is 4.60. The van der Waals surface area contributed by atoms with E-state index in [1.165, 1.54) is 12.4 Å². The van der Waals surface area contributed by atoms with Crippen LogP contribution < -0.4 is 5.32 Å². The second-order valence-electron chi connectivity index (χ2n) is 4.19. The SMILES string of the molecule is Cc1cc(C(=O)Nc2cc(C(F)(F)F)ccc2Cl)ncn1. The summed E-state index contributed by atoms with van der Waals surface area (Å²) >= 11 is 5.79. The molecule has 110 valence electrons. The molecule has 1 amide bonds. The number of benzene rings is 1. The molecule has 2 rings (SSSR count). The van der Waals surface area contributed by atoms with Gasteiger partial charge in [0.05, 0.1) is 16.3 Å². The van der Waals surface area contributed by atoms with Crippen molar-refractivity contribution >= 4 is 23.2 Å². The third-order valence-electron chi connectivity index (χ3n) is 2.58. The number of hydrogen-bond donors (Lipinski definition) is 1. The number of halogens is 4. The van der Waals surface area contributed by atoms with E-state index < -0.39 is 17.6 Å². The number of carbonyl (C=O) groups excluding carboxylic acids is 1. The van der Waals surface area contributed by atoms with Crippen molar-refractivity contribution in [3.8, 4) is 0 Å². The van der Waals surface area contributed by atoms with Crippen molar-refractivity contribution in [1.29, 1.82) is 0 Å². The van der Waals surface area contributed by atoms with E-state index in [0.29, 0.717) is 5.69 Å². The number of amides is 1. The highest BCUT2D eigenvalue weighted by Crippen LogP contribution is 2.33. The van der Waals surface area contributed by atoms with Crippen molar-refractivity contribution in [1.82, 2.24) is 9.97 Å². The van der Waals surface area contributed by atoms with Gasteiger partial charge in [0.25, 0.3) is 5.91 Å². The Bertz CT molecular complexity index is 689. The van der Waals surface area contributed by atoms with Crippen molar-refractivity contribution in [3.05, 3.63) is 52.6 Å². The third kappa shape index (κ3) is 3.69. The fraction of sp³-hybridized carbons (Fsp3) is 0.154. The second kappa shape index (κ2) is 5.69. The van der Waals surface area contributed by atoms with Crippen LogP contribution in [0.25, 0.3) is 0 Å². The maximum atomic E-state index is 12.6. The summed E-state index contributed by atoms with van der Waals surface area (Å²) in [4.78, 5) is 19.5. The number of nitrogens with zero attached hydrogens (tertiary/aromatic N) is 2. The molecule has 2 aromatic rings. The lowest BCUT2D eigenvalue weighted by Crippen LogP contribution is -2.15. The molecule has 0 aliphatic carbocycles. The van der Waals surface area contributed by atoms with Crippen molar-refractivity contribution < 1.29 is 18.0 Å². The molecule has 0 saturated heterocycles. The lowest BCUT2D eigenvalue weighted by molar-refractivity contribution is -0.137. The van der Waals surface area contributed by atoms with Gasteiger partial charge in [-0.25, -0.2) is 9.97 Å². The van der Waals surface area contributed by atoms with E-state index in [0.717, 1.165) is 18.2 Å². The maximum Gasteiger partial charge on any atom is 0.416 e. The van der Waals surface area contributed by atoms with Gasteiger partial charge in [-0.1, -0.05) is 11.6 Å². The van der Waals surface area contributed by atoms with Crippen LogP contribution in [-0.2, 0) is 6.18 Å². The van der Waals surface area contributed by atoms with Crippen LogP contribution in [0.4, 0.5) is 18.9 Å². The van der Waals surface area contributed by atoms with E-state index >= 15 is 0 Å². The Kier molecular flexibility index (Phi) is 4.13. The average molecular weight is 316 g/mol. The quantitative estimate of drug-likeness (QED) is 0.919. The largest absolute Gasteiger partial charge is 0.416 e. The topological polar surface area (TPSA) is 54.9 Å². The van der Waals surface area contributed by atoms with E-state index in [-0.39, 0.29) is 16.4 Å². The lowest BCUT2D eigenvalue weighted by atomic mass is 10.2. The van der Waals surface area contributed by atoms with E-state index in [1.54, 1.807) is 6.92 Å². The first-order chi connectivity index (χ1) is 9.77. The predicted octanol–water partition coefficient (Wildman–Crippen LogP) is 3.71. The summed E-state index contributed by atoms with van der Waals surface area (Å²) in [7, 11) is 0. The van der Waals surface area contributed by atoms with Gasteiger partial charge in [-0.15, -0.1) is 0 Å². The number of aryl methyl sites for hydroxylation is 1. The van der Waals surface area contributed by atoms with Crippen LogP contribution in [-0.4, -0.2) is 15.9 Å². The molecule has 0 fully saturated rings. The van der Waals surface area contributed by atoms with Crippen molar-refractivity contribution in [2.24, 2.45) is 0 Å². The van der Waals surface area contributed by atoms with Gasteiger partial charge in [-0.05, 0) is 31.2 Å². The Morgan fingerprint density at radius 1 is 1.24 bits per heavy atom.